The van der Waals surface area contributed by atoms with E-state index in [9.17, 15) is 14.4 Å². The number of carbonyl (C=O) groups is 3. The van der Waals surface area contributed by atoms with E-state index < -0.39 is 6.10 Å². The quantitative estimate of drug-likeness (QED) is 0.0261. The van der Waals surface area contributed by atoms with Crippen molar-refractivity contribution in [3.05, 3.63) is 85.1 Å². The molecular weight excluding hydrogens is 973 g/mol. The van der Waals surface area contributed by atoms with Crippen LogP contribution in [0.3, 0.4) is 0 Å². The van der Waals surface area contributed by atoms with Crippen LogP contribution in [0.25, 0.3) is 0 Å². The van der Waals surface area contributed by atoms with Crippen molar-refractivity contribution in [3.63, 3.8) is 0 Å². The van der Waals surface area contributed by atoms with Gasteiger partial charge in [-0.15, -0.1) is 0 Å². The maximum Gasteiger partial charge on any atom is 0.306 e. The number of esters is 3. The molecule has 0 heterocycles. The Bertz CT molecular complexity index is 1500. The largest absolute Gasteiger partial charge is 0.462 e. The summed E-state index contributed by atoms with van der Waals surface area (Å²) in [6.07, 6.45) is 88.9. The van der Waals surface area contributed by atoms with Gasteiger partial charge in [0.05, 0.1) is 0 Å². The highest BCUT2D eigenvalue weighted by atomic mass is 16.6. The lowest BCUT2D eigenvalue weighted by Crippen LogP contribution is -2.30. The Morgan fingerprint density at radius 3 is 0.797 bits per heavy atom. The minimum atomic E-state index is -0.792. The van der Waals surface area contributed by atoms with Gasteiger partial charge in [0.2, 0.25) is 0 Å². The maximum atomic E-state index is 12.9. The second-order valence-corrected chi connectivity index (χ2v) is 22.7. The molecule has 0 aliphatic carbocycles. The smallest absolute Gasteiger partial charge is 0.306 e. The van der Waals surface area contributed by atoms with Crippen molar-refractivity contribution in [2.24, 2.45) is 0 Å². The van der Waals surface area contributed by atoms with Crippen molar-refractivity contribution in [1.29, 1.82) is 0 Å². The standard InChI is InChI=1S/C73H128O6/c1-4-7-10-13-16-19-22-25-27-29-31-33-35-36-38-39-41-43-45-48-51-54-57-60-63-66-72(75)78-69-70(68-77-71(74)65-62-59-56-53-50-47-24-21-18-15-12-9-6-3)79-73(76)67-64-61-58-55-52-49-46-44-42-40-37-34-32-30-28-26-23-20-17-14-11-8-5-2/h9,12,18,21-22,25,29-32,35-36,47,50,70H,4-8,10-11,13-17,19-20,23-24,26-28,33-34,37-46,48-49,51-69H2,1-3H3/b12-9-,21-18-,25-22-,31-29-,32-30-,36-35-,50-47-. The van der Waals surface area contributed by atoms with Gasteiger partial charge >= 0.3 is 17.9 Å². The number of ether oxygens (including phenoxy) is 3. The lowest BCUT2D eigenvalue weighted by Gasteiger charge is -2.18. The molecule has 0 bridgehead atoms. The Morgan fingerprint density at radius 2 is 0.494 bits per heavy atom. The summed E-state index contributed by atoms with van der Waals surface area (Å²) in [4.78, 5) is 38.4. The van der Waals surface area contributed by atoms with E-state index in [1.54, 1.807) is 0 Å². The molecule has 0 saturated heterocycles. The first-order chi connectivity index (χ1) is 39.0. The number of carbonyl (C=O) groups excluding carboxylic acids is 3. The van der Waals surface area contributed by atoms with Crippen molar-refractivity contribution < 1.29 is 28.6 Å². The summed E-state index contributed by atoms with van der Waals surface area (Å²) in [5.74, 6) is -0.907. The van der Waals surface area contributed by atoms with Crippen LogP contribution in [0, 0.1) is 0 Å². The Kier molecular flexibility index (Phi) is 64.2. The zero-order valence-corrected chi connectivity index (χ0v) is 52.4. The molecule has 79 heavy (non-hydrogen) atoms. The highest BCUT2D eigenvalue weighted by Gasteiger charge is 2.19. The van der Waals surface area contributed by atoms with E-state index in [0.29, 0.717) is 19.3 Å². The monoisotopic (exact) mass is 1100 g/mol. The van der Waals surface area contributed by atoms with Crippen molar-refractivity contribution in [1.82, 2.24) is 0 Å². The molecule has 0 fully saturated rings. The first-order valence-electron chi connectivity index (χ1n) is 34.1. The molecule has 6 nitrogen and oxygen atoms in total. The molecule has 0 aromatic heterocycles. The van der Waals surface area contributed by atoms with Gasteiger partial charge in [0.1, 0.15) is 13.2 Å². The third-order valence-corrected chi connectivity index (χ3v) is 14.9. The molecule has 0 radical (unpaired) electrons. The van der Waals surface area contributed by atoms with Crippen LogP contribution in [0.1, 0.15) is 342 Å². The van der Waals surface area contributed by atoms with Crippen molar-refractivity contribution in [3.8, 4) is 0 Å². The molecule has 0 aromatic carbocycles. The van der Waals surface area contributed by atoms with Gasteiger partial charge in [0.25, 0.3) is 0 Å². The highest BCUT2D eigenvalue weighted by Crippen LogP contribution is 2.17. The van der Waals surface area contributed by atoms with Crippen LogP contribution in [0.5, 0.6) is 0 Å². The third kappa shape index (κ3) is 65.3. The second kappa shape index (κ2) is 67.1. The highest BCUT2D eigenvalue weighted by molar-refractivity contribution is 5.71. The molecule has 1 unspecified atom stereocenters. The predicted molar refractivity (Wildman–Crippen MR) is 344 cm³/mol. The van der Waals surface area contributed by atoms with Gasteiger partial charge in [-0.05, 0) is 116 Å². The number of rotatable bonds is 62. The van der Waals surface area contributed by atoms with Crippen LogP contribution < -0.4 is 0 Å². The van der Waals surface area contributed by atoms with E-state index in [1.165, 1.54) is 205 Å². The van der Waals surface area contributed by atoms with Gasteiger partial charge in [-0.3, -0.25) is 14.4 Å². The minimum absolute atomic E-state index is 0.0870. The third-order valence-electron chi connectivity index (χ3n) is 14.9. The number of hydrogen-bond donors (Lipinski definition) is 0. The first-order valence-corrected chi connectivity index (χ1v) is 34.1. The van der Waals surface area contributed by atoms with E-state index in [1.807, 2.05) is 0 Å². The molecule has 1 atom stereocenters. The summed E-state index contributed by atoms with van der Waals surface area (Å²) in [5, 5.41) is 0. The average molecular weight is 1100 g/mol. The Morgan fingerprint density at radius 1 is 0.266 bits per heavy atom. The number of hydrogen-bond acceptors (Lipinski definition) is 6. The lowest BCUT2D eigenvalue weighted by molar-refractivity contribution is -0.167. The Balaban J connectivity index is 4.31. The van der Waals surface area contributed by atoms with Crippen molar-refractivity contribution in [2.45, 2.75) is 348 Å². The SMILES string of the molecule is CC/C=C\C/C=C\C/C=C\CCCCCC(=O)OCC(COC(=O)CCCCCCCCCCCC/C=C\C/C=C\C/C=C\CCCCCCC)OC(=O)CCCCCCCCCCCCC/C=C\CCCCCCCCCC. The molecule has 456 valence electrons. The van der Waals surface area contributed by atoms with Crippen LogP contribution in [-0.2, 0) is 28.6 Å². The normalized spacial score (nSPS) is 12.6. The Labute approximate surface area is 490 Å². The maximum absolute atomic E-state index is 12.9. The first kappa shape index (κ1) is 75.6. The molecular formula is C73H128O6. The van der Waals surface area contributed by atoms with Gasteiger partial charge < -0.3 is 14.2 Å². The molecule has 0 amide bonds. The van der Waals surface area contributed by atoms with E-state index in [4.69, 9.17) is 14.2 Å². The van der Waals surface area contributed by atoms with E-state index in [2.05, 4.69) is 106 Å². The molecule has 6 heteroatoms. The van der Waals surface area contributed by atoms with Crippen LogP contribution in [0.4, 0.5) is 0 Å². The molecule has 0 spiro atoms. The number of unbranched alkanes of at least 4 members (excludes halogenated alkanes) is 37. The van der Waals surface area contributed by atoms with Crippen LogP contribution in [0.15, 0.2) is 85.1 Å². The van der Waals surface area contributed by atoms with Gasteiger partial charge in [0.15, 0.2) is 6.10 Å². The summed E-state index contributed by atoms with van der Waals surface area (Å²) in [6, 6.07) is 0. The van der Waals surface area contributed by atoms with Gasteiger partial charge in [-0.25, -0.2) is 0 Å². The molecule has 0 saturated carbocycles. The zero-order chi connectivity index (χ0) is 57.1. The molecule has 0 aliphatic heterocycles. The van der Waals surface area contributed by atoms with Crippen molar-refractivity contribution >= 4 is 17.9 Å². The van der Waals surface area contributed by atoms with Gasteiger partial charge in [-0.1, -0.05) is 292 Å². The summed E-state index contributed by atoms with van der Waals surface area (Å²) in [5.41, 5.74) is 0. The van der Waals surface area contributed by atoms with Crippen LogP contribution in [0.2, 0.25) is 0 Å². The second-order valence-electron chi connectivity index (χ2n) is 22.7. The van der Waals surface area contributed by atoms with Crippen molar-refractivity contribution in [2.75, 3.05) is 13.2 Å². The summed E-state index contributed by atoms with van der Waals surface area (Å²) < 4.78 is 16.9. The average Bonchev–Trinajstić information content (AvgIpc) is 3.45. The summed E-state index contributed by atoms with van der Waals surface area (Å²) >= 11 is 0. The summed E-state index contributed by atoms with van der Waals surface area (Å²) in [7, 11) is 0. The fourth-order valence-electron chi connectivity index (χ4n) is 9.76. The number of allylic oxidation sites excluding steroid dienone is 14. The Hall–Kier alpha value is -3.41. The van der Waals surface area contributed by atoms with E-state index in [0.717, 1.165) is 96.3 Å². The predicted octanol–water partition coefficient (Wildman–Crippen LogP) is 23.4. The fourth-order valence-corrected chi connectivity index (χ4v) is 9.76. The molecule has 0 aliphatic rings. The van der Waals surface area contributed by atoms with Crippen LogP contribution >= 0.6 is 0 Å². The lowest BCUT2D eigenvalue weighted by atomic mass is 10.0. The molecule has 0 N–H and O–H groups in total. The van der Waals surface area contributed by atoms with Gasteiger partial charge in [-0.2, -0.15) is 0 Å². The van der Waals surface area contributed by atoms with Gasteiger partial charge in [0, 0.05) is 19.3 Å². The zero-order valence-electron chi connectivity index (χ0n) is 52.4. The van der Waals surface area contributed by atoms with E-state index >= 15 is 0 Å². The van der Waals surface area contributed by atoms with Crippen LogP contribution in [-0.4, -0.2) is 37.2 Å². The fraction of sp³-hybridized carbons (Fsp3) is 0.767. The summed E-state index contributed by atoms with van der Waals surface area (Å²) in [6.45, 7) is 6.52. The topological polar surface area (TPSA) is 78.9 Å². The molecule has 0 aromatic rings. The van der Waals surface area contributed by atoms with E-state index in [-0.39, 0.29) is 31.1 Å². The molecule has 0 rings (SSSR count). The minimum Gasteiger partial charge on any atom is -0.462 e.